The fraction of sp³-hybridized carbons (Fsp3) is 0.250. The van der Waals surface area contributed by atoms with E-state index in [0.717, 1.165) is 16.3 Å². The molecule has 0 aliphatic rings. The van der Waals surface area contributed by atoms with E-state index in [1.165, 1.54) is 0 Å². The molecular weight excluding hydrogens is 410 g/mol. The minimum atomic E-state index is -1.06. The lowest BCUT2D eigenvalue weighted by Gasteiger charge is -2.23. The van der Waals surface area contributed by atoms with E-state index >= 15 is 0 Å². The van der Waals surface area contributed by atoms with Crippen molar-refractivity contribution in [2.24, 2.45) is 17.6 Å². The van der Waals surface area contributed by atoms with Crippen LogP contribution in [0, 0.1) is 11.8 Å². The van der Waals surface area contributed by atoms with Gasteiger partial charge in [0.1, 0.15) is 6.61 Å². The number of nitrogens with two attached hydrogens (primary N) is 1. The number of anilines is 1. The van der Waals surface area contributed by atoms with Gasteiger partial charge in [-0.25, -0.2) is 0 Å². The third-order valence-corrected chi connectivity index (χ3v) is 5.18. The number of aromatic nitrogens is 1. The van der Waals surface area contributed by atoms with Gasteiger partial charge < -0.3 is 20.9 Å². The highest BCUT2D eigenvalue weighted by atomic mass is 16.5. The summed E-state index contributed by atoms with van der Waals surface area (Å²) in [5.41, 5.74) is 7.18. The third kappa shape index (κ3) is 6.12. The van der Waals surface area contributed by atoms with Crippen LogP contribution in [0.15, 0.2) is 67.0 Å². The predicted molar refractivity (Wildman–Crippen MR) is 120 cm³/mol. The summed E-state index contributed by atoms with van der Waals surface area (Å²) in [7, 11) is 0. The van der Waals surface area contributed by atoms with Crippen molar-refractivity contribution in [2.45, 2.75) is 19.4 Å². The Kier molecular flexibility index (Phi) is 7.88. The van der Waals surface area contributed by atoms with Crippen molar-refractivity contribution >= 4 is 34.3 Å². The van der Waals surface area contributed by atoms with Crippen molar-refractivity contribution < 1.29 is 24.2 Å². The molecule has 0 fully saturated rings. The van der Waals surface area contributed by atoms with Crippen LogP contribution in [-0.2, 0) is 25.7 Å². The van der Waals surface area contributed by atoms with Gasteiger partial charge in [0.15, 0.2) is 0 Å². The second kappa shape index (κ2) is 11.0. The van der Waals surface area contributed by atoms with E-state index in [2.05, 4.69) is 10.3 Å². The van der Waals surface area contributed by atoms with Crippen molar-refractivity contribution in [3.05, 3.63) is 72.6 Å². The quantitative estimate of drug-likeness (QED) is 0.417. The molecule has 1 heterocycles. The molecule has 0 saturated heterocycles. The van der Waals surface area contributed by atoms with Gasteiger partial charge in [-0.15, -0.1) is 0 Å². The monoisotopic (exact) mass is 435 g/mol. The Morgan fingerprint density at radius 2 is 1.81 bits per heavy atom. The molecule has 2 atom stereocenters. The number of carboxylic acids is 1. The van der Waals surface area contributed by atoms with Crippen LogP contribution in [0.25, 0.3) is 10.8 Å². The fourth-order valence-electron chi connectivity index (χ4n) is 3.45. The van der Waals surface area contributed by atoms with E-state index in [-0.39, 0.29) is 26.0 Å². The van der Waals surface area contributed by atoms with Crippen LogP contribution in [0.1, 0.15) is 18.4 Å². The molecule has 4 N–H and O–H groups in total. The number of carbonyl (C=O) groups is 3. The summed E-state index contributed by atoms with van der Waals surface area (Å²) in [6.45, 7) is -0.102. The van der Waals surface area contributed by atoms with E-state index in [1.807, 2.05) is 42.5 Å². The Bertz CT molecular complexity index is 1090. The van der Waals surface area contributed by atoms with Gasteiger partial charge in [0.2, 0.25) is 5.91 Å². The lowest BCUT2D eigenvalue weighted by molar-refractivity contribution is -0.154. The first-order valence-corrected chi connectivity index (χ1v) is 10.2. The maximum absolute atomic E-state index is 13.0. The number of rotatable bonds is 10. The molecule has 8 nitrogen and oxygen atoms in total. The molecule has 0 spiro atoms. The number of nitrogens with one attached hydrogen (secondary N) is 1. The largest absolute Gasteiger partial charge is 0.481 e. The van der Waals surface area contributed by atoms with Crippen molar-refractivity contribution in [2.75, 3.05) is 11.9 Å². The number of hydrogen-bond acceptors (Lipinski definition) is 6. The molecule has 1 aromatic heterocycles. The van der Waals surface area contributed by atoms with Crippen LogP contribution in [0.4, 0.5) is 5.69 Å². The first-order chi connectivity index (χ1) is 15.5. The minimum Gasteiger partial charge on any atom is -0.481 e. The van der Waals surface area contributed by atoms with E-state index < -0.39 is 29.7 Å². The highest BCUT2D eigenvalue weighted by molar-refractivity contribution is 5.97. The molecule has 3 rings (SSSR count). The lowest BCUT2D eigenvalue weighted by Crippen LogP contribution is -2.39. The number of benzene rings is 2. The molecular formula is C24H25N3O5. The molecule has 3 aromatic rings. The van der Waals surface area contributed by atoms with Gasteiger partial charge in [0.25, 0.3) is 0 Å². The van der Waals surface area contributed by atoms with Gasteiger partial charge in [-0.05, 0) is 35.6 Å². The van der Waals surface area contributed by atoms with E-state index in [1.54, 1.807) is 24.5 Å². The zero-order valence-corrected chi connectivity index (χ0v) is 17.4. The molecule has 32 heavy (non-hydrogen) atoms. The topological polar surface area (TPSA) is 132 Å². The molecule has 1 amide bonds. The summed E-state index contributed by atoms with van der Waals surface area (Å²) < 4.78 is 5.39. The number of carboxylic acid groups (broad SMARTS) is 1. The lowest BCUT2D eigenvalue weighted by atomic mass is 9.87. The average molecular weight is 435 g/mol. The fourth-order valence-corrected chi connectivity index (χ4v) is 3.45. The number of fused-ring (bicyclic) bond motifs is 1. The van der Waals surface area contributed by atoms with E-state index in [9.17, 15) is 14.4 Å². The number of carbonyl (C=O) groups excluding carboxylic acids is 2. The van der Waals surface area contributed by atoms with Crippen molar-refractivity contribution in [3.8, 4) is 0 Å². The van der Waals surface area contributed by atoms with Crippen LogP contribution in [0.5, 0.6) is 0 Å². The first-order valence-electron chi connectivity index (χ1n) is 10.2. The van der Waals surface area contributed by atoms with Gasteiger partial charge in [-0.2, -0.15) is 0 Å². The summed E-state index contributed by atoms with van der Waals surface area (Å²) in [5, 5.41) is 13.7. The smallest absolute Gasteiger partial charge is 0.310 e. The second-order valence-electron chi connectivity index (χ2n) is 7.40. The van der Waals surface area contributed by atoms with Gasteiger partial charge in [-0.1, -0.05) is 36.4 Å². The molecule has 166 valence electrons. The van der Waals surface area contributed by atoms with Gasteiger partial charge in [0.05, 0.1) is 11.8 Å². The van der Waals surface area contributed by atoms with Crippen molar-refractivity contribution in [1.82, 2.24) is 4.98 Å². The predicted octanol–water partition coefficient (Wildman–Crippen LogP) is 2.97. The molecule has 0 aliphatic carbocycles. The van der Waals surface area contributed by atoms with Gasteiger partial charge in [-0.3, -0.25) is 19.4 Å². The first kappa shape index (κ1) is 22.9. The Hall–Kier alpha value is -3.78. The van der Waals surface area contributed by atoms with Crippen LogP contribution in [0.3, 0.4) is 0 Å². The van der Waals surface area contributed by atoms with Crippen LogP contribution >= 0.6 is 0 Å². The summed E-state index contributed by atoms with van der Waals surface area (Å²) in [4.78, 5) is 41.0. The van der Waals surface area contributed by atoms with Crippen molar-refractivity contribution in [3.63, 3.8) is 0 Å². The van der Waals surface area contributed by atoms with E-state index in [0.29, 0.717) is 5.69 Å². The summed E-state index contributed by atoms with van der Waals surface area (Å²) in [6, 6.07) is 16.3. The minimum absolute atomic E-state index is 0.0286. The molecule has 0 bridgehead atoms. The Balaban J connectivity index is 1.74. The van der Waals surface area contributed by atoms with E-state index in [4.69, 9.17) is 15.6 Å². The zero-order chi connectivity index (χ0) is 22.9. The van der Waals surface area contributed by atoms with Crippen LogP contribution < -0.4 is 11.1 Å². The number of nitrogens with zero attached hydrogens (tertiary/aromatic N) is 1. The molecule has 1 unspecified atom stereocenters. The molecule has 0 aliphatic heterocycles. The Morgan fingerprint density at radius 3 is 2.53 bits per heavy atom. The highest BCUT2D eigenvalue weighted by Crippen LogP contribution is 2.24. The summed E-state index contributed by atoms with van der Waals surface area (Å²) >= 11 is 0. The number of amides is 1. The number of ether oxygens (including phenoxy) is 1. The SMILES string of the molecule is NC[C@@H](C(=O)Nc1ccc2cnccc2c1)C(CCC(=O)O)C(=O)OCc1ccccc1. The molecule has 2 aromatic carbocycles. The van der Waals surface area contributed by atoms with Crippen LogP contribution in [-0.4, -0.2) is 34.5 Å². The van der Waals surface area contributed by atoms with Gasteiger partial charge in [0, 0.05) is 36.4 Å². The maximum Gasteiger partial charge on any atom is 0.310 e. The summed E-state index contributed by atoms with van der Waals surface area (Å²) in [6.07, 6.45) is 3.04. The number of esters is 1. The zero-order valence-electron chi connectivity index (χ0n) is 17.4. The highest BCUT2D eigenvalue weighted by Gasteiger charge is 2.34. The Morgan fingerprint density at radius 1 is 1.03 bits per heavy atom. The number of pyridine rings is 1. The molecule has 0 radical (unpaired) electrons. The Labute approximate surface area is 185 Å². The second-order valence-corrected chi connectivity index (χ2v) is 7.40. The standard InChI is InChI=1S/C24H25N3O5/c25-13-21(23(30)27-19-7-6-18-14-26-11-10-17(18)12-19)20(8-9-22(28)29)24(31)32-15-16-4-2-1-3-5-16/h1-7,10-12,14,20-21H,8-9,13,15,25H2,(H,27,30)(H,28,29)/t20?,21-/m1/s1. The maximum atomic E-state index is 13.0. The third-order valence-electron chi connectivity index (χ3n) is 5.18. The molecule has 8 heteroatoms. The number of aliphatic carboxylic acids is 1. The summed E-state index contributed by atoms with van der Waals surface area (Å²) in [5.74, 6) is -4.10. The van der Waals surface area contributed by atoms with Crippen molar-refractivity contribution in [1.29, 1.82) is 0 Å². The average Bonchev–Trinajstić information content (AvgIpc) is 2.80. The number of hydrogen-bond donors (Lipinski definition) is 3. The normalized spacial score (nSPS) is 12.7. The van der Waals surface area contributed by atoms with Crippen LogP contribution in [0.2, 0.25) is 0 Å². The molecule has 0 saturated carbocycles. The van der Waals surface area contributed by atoms with Gasteiger partial charge >= 0.3 is 11.9 Å².